The standard InChI is InChI=1S/C21H28FN3O3S2/c1-17-9-13-24(14-10-17)12-3-11-23-20(26)16-25(19-7-5-18(22)6-8-19)30(27,28)21-4-2-15-29-21/h2,4-8,15,17H,3,9-14,16H2,1H3,(H,23,26). The molecule has 30 heavy (non-hydrogen) atoms. The Morgan fingerprint density at radius 1 is 1.23 bits per heavy atom. The number of sulfonamides is 1. The van der Waals surface area contributed by atoms with E-state index in [2.05, 4.69) is 17.1 Å². The monoisotopic (exact) mass is 453 g/mol. The van der Waals surface area contributed by atoms with Crippen LogP contribution < -0.4 is 9.62 Å². The normalized spacial score (nSPS) is 15.8. The number of hydrogen-bond acceptors (Lipinski definition) is 5. The fourth-order valence-electron chi connectivity index (χ4n) is 3.44. The molecule has 1 aromatic carbocycles. The molecular weight excluding hydrogens is 425 g/mol. The van der Waals surface area contributed by atoms with Crippen LogP contribution in [0, 0.1) is 11.7 Å². The number of rotatable bonds is 9. The van der Waals surface area contributed by atoms with Crippen molar-refractivity contribution in [2.75, 3.05) is 37.0 Å². The summed E-state index contributed by atoms with van der Waals surface area (Å²) in [5.74, 6) is -0.0702. The van der Waals surface area contributed by atoms with Crippen molar-refractivity contribution >= 4 is 33.0 Å². The Bertz CT molecular complexity index is 909. The number of thiophene rings is 1. The lowest BCUT2D eigenvalue weighted by molar-refractivity contribution is -0.119. The van der Waals surface area contributed by atoms with Crippen LogP contribution in [0.15, 0.2) is 46.0 Å². The molecule has 0 saturated carbocycles. The predicted molar refractivity (Wildman–Crippen MR) is 118 cm³/mol. The Balaban J connectivity index is 1.59. The molecule has 164 valence electrons. The van der Waals surface area contributed by atoms with Gasteiger partial charge in [0.15, 0.2) is 0 Å². The average molecular weight is 454 g/mol. The van der Waals surface area contributed by atoms with Crippen molar-refractivity contribution in [3.8, 4) is 0 Å². The van der Waals surface area contributed by atoms with Crippen molar-refractivity contribution in [2.45, 2.75) is 30.4 Å². The summed E-state index contributed by atoms with van der Waals surface area (Å²) < 4.78 is 40.5. The first-order chi connectivity index (χ1) is 14.4. The van der Waals surface area contributed by atoms with Gasteiger partial charge in [0.25, 0.3) is 10.0 Å². The van der Waals surface area contributed by atoms with Crippen LogP contribution in [0.1, 0.15) is 26.2 Å². The molecule has 0 aliphatic carbocycles. The molecular formula is C21H28FN3O3S2. The molecule has 2 heterocycles. The van der Waals surface area contributed by atoms with E-state index in [-0.39, 0.29) is 22.3 Å². The van der Waals surface area contributed by atoms with Gasteiger partial charge in [-0.25, -0.2) is 12.8 Å². The van der Waals surface area contributed by atoms with Crippen molar-refractivity contribution in [2.24, 2.45) is 5.92 Å². The number of hydrogen-bond donors (Lipinski definition) is 1. The van der Waals surface area contributed by atoms with E-state index < -0.39 is 15.8 Å². The maximum Gasteiger partial charge on any atom is 0.274 e. The van der Waals surface area contributed by atoms with Gasteiger partial charge in [-0.05, 0) is 80.5 Å². The van der Waals surface area contributed by atoms with Gasteiger partial charge in [0, 0.05) is 6.54 Å². The Kier molecular flexibility index (Phi) is 7.85. The zero-order valence-corrected chi connectivity index (χ0v) is 18.7. The molecule has 1 amide bonds. The highest BCUT2D eigenvalue weighted by Crippen LogP contribution is 2.26. The molecule has 1 aromatic heterocycles. The third-order valence-corrected chi connectivity index (χ3v) is 8.44. The molecule has 1 aliphatic heterocycles. The number of likely N-dealkylation sites (tertiary alicyclic amines) is 1. The summed E-state index contributed by atoms with van der Waals surface area (Å²) in [6, 6.07) is 8.24. The summed E-state index contributed by atoms with van der Waals surface area (Å²) >= 11 is 1.08. The molecule has 0 unspecified atom stereocenters. The van der Waals surface area contributed by atoms with Gasteiger partial charge in [0.1, 0.15) is 16.6 Å². The summed E-state index contributed by atoms with van der Waals surface area (Å²) in [5, 5.41) is 4.48. The molecule has 6 nitrogen and oxygen atoms in total. The van der Waals surface area contributed by atoms with Crippen LogP contribution in [0.3, 0.4) is 0 Å². The van der Waals surface area contributed by atoms with Crippen molar-refractivity contribution < 1.29 is 17.6 Å². The van der Waals surface area contributed by atoms with Gasteiger partial charge in [-0.15, -0.1) is 11.3 Å². The van der Waals surface area contributed by atoms with Crippen molar-refractivity contribution in [3.63, 3.8) is 0 Å². The SMILES string of the molecule is CC1CCN(CCCNC(=O)CN(c2ccc(F)cc2)S(=O)(=O)c2cccs2)CC1. The second kappa shape index (κ2) is 10.4. The molecule has 1 N–H and O–H groups in total. The molecule has 9 heteroatoms. The molecule has 2 aromatic rings. The second-order valence-corrected chi connectivity index (χ2v) is 10.7. The number of halogens is 1. The topological polar surface area (TPSA) is 69.7 Å². The lowest BCUT2D eigenvalue weighted by atomic mass is 9.99. The van der Waals surface area contributed by atoms with E-state index in [1.807, 2.05) is 0 Å². The first kappa shape index (κ1) is 22.7. The molecule has 1 aliphatic rings. The van der Waals surface area contributed by atoms with E-state index in [0.717, 1.165) is 47.6 Å². The summed E-state index contributed by atoms with van der Waals surface area (Å²) in [7, 11) is -3.91. The third-order valence-electron chi connectivity index (χ3n) is 5.29. The van der Waals surface area contributed by atoms with Crippen LogP contribution >= 0.6 is 11.3 Å². The zero-order valence-electron chi connectivity index (χ0n) is 17.1. The third kappa shape index (κ3) is 6.02. The number of piperidine rings is 1. The quantitative estimate of drug-likeness (QED) is 0.592. The first-order valence-electron chi connectivity index (χ1n) is 10.2. The summed E-state index contributed by atoms with van der Waals surface area (Å²) in [6.45, 7) is 5.50. The van der Waals surface area contributed by atoms with Gasteiger partial charge in [-0.3, -0.25) is 9.10 Å². The Labute approximate surface area is 181 Å². The lowest BCUT2D eigenvalue weighted by Gasteiger charge is -2.30. The lowest BCUT2D eigenvalue weighted by Crippen LogP contribution is -2.41. The number of carbonyl (C=O) groups is 1. The highest BCUT2D eigenvalue weighted by molar-refractivity contribution is 7.94. The van der Waals surface area contributed by atoms with Crippen molar-refractivity contribution in [3.05, 3.63) is 47.6 Å². The van der Waals surface area contributed by atoms with Crippen LogP contribution in [0.5, 0.6) is 0 Å². The van der Waals surface area contributed by atoms with E-state index in [9.17, 15) is 17.6 Å². The van der Waals surface area contributed by atoms with Crippen LogP contribution in [0.25, 0.3) is 0 Å². The van der Waals surface area contributed by atoms with Crippen LogP contribution in [0.4, 0.5) is 10.1 Å². The molecule has 0 atom stereocenters. The maximum atomic E-state index is 13.3. The highest BCUT2D eigenvalue weighted by atomic mass is 32.2. The average Bonchev–Trinajstić information content (AvgIpc) is 3.27. The summed E-state index contributed by atoms with van der Waals surface area (Å²) in [4.78, 5) is 14.9. The first-order valence-corrected chi connectivity index (χ1v) is 12.5. The largest absolute Gasteiger partial charge is 0.354 e. The zero-order chi connectivity index (χ0) is 21.6. The van der Waals surface area contributed by atoms with Crippen LogP contribution in [-0.2, 0) is 14.8 Å². The summed E-state index contributed by atoms with van der Waals surface area (Å²) in [6.07, 6.45) is 3.23. The fourth-order valence-corrected chi connectivity index (χ4v) is 5.97. The number of anilines is 1. The molecule has 0 radical (unpaired) electrons. The minimum Gasteiger partial charge on any atom is -0.354 e. The number of benzene rings is 1. The van der Waals surface area contributed by atoms with Gasteiger partial charge in [0.05, 0.1) is 5.69 Å². The van der Waals surface area contributed by atoms with Gasteiger partial charge >= 0.3 is 0 Å². The van der Waals surface area contributed by atoms with E-state index >= 15 is 0 Å². The van der Waals surface area contributed by atoms with Crippen molar-refractivity contribution in [1.82, 2.24) is 10.2 Å². The van der Waals surface area contributed by atoms with E-state index in [1.165, 1.54) is 43.2 Å². The van der Waals surface area contributed by atoms with Crippen LogP contribution in [-0.4, -0.2) is 51.9 Å². The van der Waals surface area contributed by atoms with E-state index in [0.29, 0.717) is 6.54 Å². The van der Waals surface area contributed by atoms with Crippen LogP contribution in [0.2, 0.25) is 0 Å². The number of amides is 1. The minimum atomic E-state index is -3.91. The summed E-state index contributed by atoms with van der Waals surface area (Å²) in [5.41, 5.74) is 0.252. The number of carbonyl (C=O) groups excluding carboxylic acids is 1. The van der Waals surface area contributed by atoms with E-state index in [1.54, 1.807) is 11.4 Å². The Morgan fingerprint density at radius 2 is 1.93 bits per heavy atom. The van der Waals surface area contributed by atoms with Gasteiger partial charge in [0.2, 0.25) is 5.91 Å². The molecule has 1 fully saturated rings. The Hall–Kier alpha value is -1.97. The number of nitrogens with zero attached hydrogens (tertiary/aromatic N) is 2. The minimum absolute atomic E-state index is 0.138. The van der Waals surface area contributed by atoms with Gasteiger partial charge in [-0.2, -0.15) is 0 Å². The van der Waals surface area contributed by atoms with Gasteiger partial charge in [-0.1, -0.05) is 13.0 Å². The molecule has 0 spiro atoms. The smallest absolute Gasteiger partial charge is 0.274 e. The van der Waals surface area contributed by atoms with Gasteiger partial charge < -0.3 is 10.2 Å². The fraction of sp³-hybridized carbons (Fsp3) is 0.476. The second-order valence-electron chi connectivity index (χ2n) is 7.65. The molecule has 0 bridgehead atoms. The highest BCUT2D eigenvalue weighted by Gasteiger charge is 2.28. The molecule has 3 rings (SSSR count). The maximum absolute atomic E-state index is 13.3. The number of nitrogens with one attached hydrogen (secondary N) is 1. The Morgan fingerprint density at radius 3 is 2.57 bits per heavy atom. The predicted octanol–water partition coefficient (Wildman–Crippen LogP) is 3.32. The van der Waals surface area contributed by atoms with E-state index in [4.69, 9.17) is 0 Å². The van der Waals surface area contributed by atoms with Crippen molar-refractivity contribution in [1.29, 1.82) is 0 Å². The molecule has 1 saturated heterocycles.